The fourth-order valence-electron chi connectivity index (χ4n) is 2.81. The Morgan fingerprint density at radius 2 is 1.79 bits per heavy atom. The zero-order valence-corrected chi connectivity index (χ0v) is 18.2. The number of hydrogen-bond acceptors (Lipinski definition) is 5. The van der Waals surface area contributed by atoms with E-state index in [-0.39, 0.29) is 6.42 Å². The normalized spacial score (nSPS) is 12.2. The first-order valence-corrected chi connectivity index (χ1v) is 11.1. The molecule has 0 unspecified atom stereocenters. The van der Waals surface area contributed by atoms with E-state index in [1.807, 2.05) is 0 Å². The molecule has 0 spiro atoms. The van der Waals surface area contributed by atoms with Crippen LogP contribution in [0.4, 0.5) is 11.4 Å². The molecule has 0 bridgehead atoms. The number of carbonyl (C=O) groups is 2. The Bertz CT molecular complexity index is 1010. The summed E-state index contributed by atoms with van der Waals surface area (Å²) in [5.41, 5.74) is 1.87. The van der Waals surface area contributed by atoms with Gasteiger partial charge in [-0.15, -0.1) is 0 Å². The second kappa shape index (κ2) is 9.28. The second-order valence-corrected chi connectivity index (χ2v) is 8.74. The quantitative estimate of drug-likeness (QED) is 0.666. The molecule has 7 nitrogen and oxygen atoms in total. The lowest BCUT2D eigenvalue weighted by Gasteiger charge is -2.30. The van der Waals surface area contributed by atoms with Gasteiger partial charge in [0.05, 0.1) is 24.6 Å². The highest BCUT2D eigenvalue weighted by atomic mass is 35.5. The zero-order valence-electron chi connectivity index (χ0n) is 16.6. The van der Waals surface area contributed by atoms with Crippen molar-refractivity contribution in [3.8, 4) is 0 Å². The number of rotatable bonds is 7. The summed E-state index contributed by atoms with van der Waals surface area (Å²) < 4.78 is 30.7. The molecule has 2 rings (SSSR count). The fourth-order valence-corrected chi connectivity index (χ4v) is 4.19. The minimum absolute atomic E-state index is 0.241. The monoisotopic (exact) mass is 438 g/mol. The summed E-state index contributed by atoms with van der Waals surface area (Å²) in [6, 6.07) is 9.97. The summed E-state index contributed by atoms with van der Waals surface area (Å²) in [5, 5.41) is 3.10. The Labute approximate surface area is 175 Å². The van der Waals surface area contributed by atoms with Crippen LogP contribution in [-0.4, -0.2) is 39.7 Å². The molecular formula is C20H23ClN2O5S. The maximum atomic E-state index is 12.9. The van der Waals surface area contributed by atoms with E-state index in [0.717, 1.165) is 16.1 Å². The largest absolute Gasteiger partial charge is 0.465 e. The molecule has 0 aromatic heterocycles. The van der Waals surface area contributed by atoms with Crippen LogP contribution in [0.25, 0.3) is 0 Å². The van der Waals surface area contributed by atoms with Crippen LogP contribution in [0.3, 0.4) is 0 Å². The number of methoxy groups -OCH3 is 1. The topological polar surface area (TPSA) is 92.8 Å². The van der Waals surface area contributed by atoms with E-state index in [2.05, 4.69) is 10.1 Å². The number of nitrogens with one attached hydrogen (secondary N) is 1. The number of esters is 1. The van der Waals surface area contributed by atoms with Gasteiger partial charge < -0.3 is 10.1 Å². The molecule has 156 valence electrons. The molecule has 2 aromatic rings. The summed E-state index contributed by atoms with van der Waals surface area (Å²) in [6.45, 7) is 3.53. The molecule has 29 heavy (non-hydrogen) atoms. The molecule has 0 aliphatic carbocycles. The fraction of sp³-hybridized carbons (Fsp3) is 0.300. The van der Waals surface area contributed by atoms with Crippen molar-refractivity contribution < 1.29 is 22.7 Å². The molecule has 9 heteroatoms. The SMILES string of the molecule is CC[C@@H](C(=O)Nc1ccc(C(=O)OC)cc1)N(c1ccc(C)c(Cl)c1)S(C)(=O)=O. The molecule has 0 fully saturated rings. The number of benzene rings is 2. The predicted molar refractivity (Wildman–Crippen MR) is 114 cm³/mol. The molecular weight excluding hydrogens is 416 g/mol. The van der Waals surface area contributed by atoms with Gasteiger partial charge in [0.2, 0.25) is 15.9 Å². The van der Waals surface area contributed by atoms with Crippen LogP contribution in [0.5, 0.6) is 0 Å². The van der Waals surface area contributed by atoms with Gasteiger partial charge in [0.15, 0.2) is 0 Å². The number of halogens is 1. The lowest BCUT2D eigenvalue weighted by Crippen LogP contribution is -2.47. The van der Waals surface area contributed by atoms with Crippen LogP contribution < -0.4 is 9.62 Å². The number of nitrogens with zero attached hydrogens (tertiary/aromatic N) is 1. The van der Waals surface area contributed by atoms with Gasteiger partial charge in [-0.2, -0.15) is 0 Å². The summed E-state index contributed by atoms with van der Waals surface area (Å²) >= 11 is 6.16. The van der Waals surface area contributed by atoms with Crippen molar-refractivity contribution in [3.05, 3.63) is 58.6 Å². The Balaban J connectivity index is 2.33. The van der Waals surface area contributed by atoms with E-state index in [0.29, 0.717) is 22.0 Å². The third-order valence-corrected chi connectivity index (χ3v) is 5.90. The van der Waals surface area contributed by atoms with E-state index in [9.17, 15) is 18.0 Å². The highest BCUT2D eigenvalue weighted by molar-refractivity contribution is 7.92. The van der Waals surface area contributed by atoms with Crippen LogP contribution >= 0.6 is 11.6 Å². The third kappa shape index (κ3) is 5.48. The van der Waals surface area contributed by atoms with Gasteiger partial charge >= 0.3 is 5.97 Å². The highest BCUT2D eigenvalue weighted by Gasteiger charge is 2.31. The average molecular weight is 439 g/mol. The number of sulfonamides is 1. The van der Waals surface area contributed by atoms with Crippen molar-refractivity contribution in [2.24, 2.45) is 0 Å². The van der Waals surface area contributed by atoms with Crippen molar-refractivity contribution in [1.29, 1.82) is 0 Å². The van der Waals surface area contributed by atoms with Crippen molar-refractivity contribution in [2.75, 3.05) is 23.0 Å². The minimum atomic E-state index is -3.76. The standard InChI is InChI=1S/C20H23ClN2O5S/c1-5-18(19(24)22-15-9-7-14(8-10-15)20(25)28-3)23(29(4,26)27)16-11-6-13(2)17(21)12-16/h6-12,18H,5H2,1-4H3,(H,22,24)/t18-/m0/s1. The number of amides is 1. The van der Waals surface area contributed by atoms with Crippen molar-refractivity contribution >= 4 is 44.9 Å². The van der Waals surface area contributed by atoms with Crippen molar-refractivity contribution in [2.45, 2.75) is 26.3 Å². The van der Waals surface area contributed by atoms with Gasteiger partial charge in [-0.05, 0) is 55.3 Å². The predicted octanol–water partition coefficient (Wildman–Crippen LogP) is 3.62. The van der Waals surface area contributed by atoms with Crippen LogP contribution in [0.2, 0.25) is 5.02 Å². The first-order chi connectivity index (χ1) is 13.6. The van der Waals surface area contributed by atoms with E-state index >= 15 is 0 Å². The first kappa shape index (κ1) is 22.7. The summed E-state index contributed by atoms with van der Waals surface area (Å²) in [6.07, 6.45) is 1.28. The lowest BCUT2D eigenvalue weighted by atomic mass is 10.1. The molecule has 1 amide bonds. The van der Waals surface area contributed by atoms with E-state index < -0.39 is 27.9 Å². The molecule has 0 aliphatic heterocycles. The molecule has 2 aromatic carbocycles. The number of hydrogen-bond donors (Lipinski definition) is 1. The molecule has 1 N–H and O–H groups in total. The molecule has 0 radical (unpaired) electrons. The number of ether oxygens (including phenoxy) is 1. The lowest BCUT2D eigenvalue weighted by molar-refractivity contribution is -0.117. The van der Waals surface area contributed by atoms with Gasteiger partial charge in [-0.25, -0.2) is 13.2 Å². The Morgan fingerprint density at radius 3 is 2.28 bits per heavy atom. The van der Waals surface area contributed by atoms with Gasteiger partial charge in [0, 0.05) is 10.7 Å². The third-order valence-electron chi connectivity index (χ3n) is 4.31. The van der Waals surface area contributed by atoms with Gasteiger partial charge in [0.25, 0.3) is 0 Å². The molecule has 0 aliphatic rings. The maximum Gasteiger partial charge on any atom is 0.337 e. The van der Waals surface area contributed by atoms with E-state index in [1.165, 1.54) is 25.3 Å². The molecule has 1 atom stereocenters. The van der Waals surface area contributed by atoms with E-state index in [1.54, 1.807) is 38.1 Å². The summed E-state index contributed by atoms with van der Waals surface area (Å²) in [5.74, 6) is -0.991. The smallest absolute Gasteiger partial charge is 0.337 e. The number of carbonyl (C=O) groups excluding carboxylic acids is 2. The molecule has 0 heterocycles. The van der Waals surface area contributed by atoms with Crippen molar-refractivity contribution in [3.63, 3.8) is 0 Å². The van der Waals surface area contributed by atoms with Crippen LogP contribution in [0.15, 0.2) is 42.5 Å². The highest BCUT2D eigenvalue weighted by Crippen LogP contribution is 2.28. The Morgan fingerprint density at radius 1 is 1.17 bits per heavy atom. The van der Waals surface area contributed by atoms with Crippen LogP contribution in [0.1, 0.15) is 29.3 Å². The average Bonchev–Trinajstić information content (AvgIpc) is 2.67. The van der Waals surface area contributed by atoms with Crippen molar-refractivity contribution in [1.82, 2.24) is 0 Å². The summed E-state index contributed by atoms with van der Waals surface area (Å²) in [4.78, 5) is 24.4. The number of anilines is 2. The second-order valence-electron chi connectivity index (χ2n) is 6.47. The van der Waals surface area contributed by atoms with Gasteiger partial charge in [-0.3, -0.25) is 9.10 Å². The zero-order chi connectivity index (χ0) is 21.8. The van der Waals surface area contributed by atoms with Crippen LogP contribution in [0, 0.1) is 6.92 Å². The first-order valence-electron chi connectivity index (χ1n) is 8.83. The van der Waals surface area contributed by atoms with Gasteiger partial charge in [-0.1, -0.05) is 24.6 Å². The Hall–Kier alpha value is -2.58. The van der Waals surface area contributed by atoms with E-state index in [4.69, 9.17) is 11.6 Å². The summed E-state index contributed by atoms with van der Waals surface area (Å²) in [7, 11) is -2.49. The molecule has 0 saturated heterocycles. The Kier molecular flexibility index (Phi) is 7.26. The number of aryl methyl sites for hydroxylation is 1. The van der Waals surface area contributed by atoms with Gasteiger partial charge in [0.1, 0.15) is 6.04 Å². The molecule has 0 saturated carbocycles. The minimum Gasteiger partial charge on any atom is -0.465 e. The maximum absolute atomic E-state index is 12.9. The van der Waals surface area contributed by atoms with Crippen LogP contribution in [-0.2, 0) is 19.6 Å².